The van der Waals surface area contributed by atoms with Gasteiger partial charge in [0, 0.05) is 5.92 Å². The first-order valence-electron chi connectivity index (χ1n) is 4.56. The number of carboxylic acid groups (broad SMARTS) is 1. The van der Waals surface area contributed by atoms with Crippen molar-refractivity contribution in [2.24, 2.45) is 5.92 Å². The van der Waals surface area contributed by atoms with Gasteiger partial charge in [0.2, 0.25) is 11.5 Å². The molecule has 0 amide bonds. The van der Waals surface area contributed by atoms with E-state index >= 15 is 0 Å². The average Bonchev–Trinajstić information content (AvgIpc) is 2.48. The summed E-state index contributed by atoms with van der Waals surface area (Å²) in [6, 6.07) is 2.75. The number of rotatable bonds is 3. The van der Waals surface area contributed by atoms with Gasteiger partial charge in [-0.2, -0.15) is 0 Å². The van der Waals surface area contributed by atoms with E-state index in [4.69, 9.17) is 9.52 Å². The minimum Gasteiger partial charge on any atom is -0.475 e. The lowest BCUT2D eigenvalue weighted by Crippen LogP contribution is -2.21. The highest BCUT2D eigenvalue weighted by atomic mass is 16.4. The number of aromatic carboxylic acids is 1. The molecule has 0 aliphatic heterocycles. The molecule has 1 heterocycles. The molecule has 0 radical (unpaired) electrons. The highest BCUT2D eigenvalue weighted by molar-refractivity contribution is 5.97. The van der Waals surface area contributed by atoms with E-state index in [0.717, 1.165) is 19.3 Å². The van der Waals surface area contributed by atoms with Gasteiger partial charge < -0.3 is 9.52 Å². The van der Waals surface area contributed by atoms with E-state index in [9.17, 15) is 9.59 Å². The molecular formula is C10H10O4. The van der Waals surface area contributed by atoms with Gasteiger partial charge in [0.25, 0.3) is 0 Å². The van der Waals surface area contributed by atoms with Crippen LogP contribution in [0.25, 0.3) is 0 Å². The van der Waals surface area contributed by atoms with Crippen LogP contribution in [0.1, 0.15) is 40.4 Å². The van der Waals surface area contributed by atoms with Crippen molar-refractivity contribution in [3.63, 3.8) is 0 Å². The molecule has 2 rings (SSSR count). The molecule has 1 fully saturated rings. The summed E-state index contributed by atoms with van der Waals surface area (Å²) >= 11 is 0. The van der Waals surface area contributed by atoms with Crippen molar-refractivity contribution in [1.29, 1.82) is 0 Å². The van der Waals surface area contributed by atoms with Gasteiger partial charge in [-0.05, 0) is 25.0 Å². The largest absolute Gasteiger partial charge is 0.475 e. The van der Waals surface area contributed by atoms with Gasteiger partial charge in [0.15, 0.2) is 5.76 Å². The van der Waals surface area contributed by atoms with Crippen molar-refractivity contribution < 1.29 is 19.1 Å². The minimum atomic E-state index is -1.14. The standard InChI is InChI=1S/C10H10O4/c11-9(6-2-1-3-6)7-4-5-8(14-7)10(12)13/h4-6H,1-3H2,(H,12,13). The molecule has 14 heavy (non-hydrogen) atoms. The number of furan rings is 1. The van der Waals surface area contributed by atoms with Crippen LogP contribution in [0.2, 0.25) is 0 Å². The van der Waals surface area contributed by atoms with Gasteiger partial charge in [-0.3, -0.25) is 4.79 Å². The van der Waals surface area contributed by atoms with Crippen molar-refractivity contribution in [3.8, 4) is 0 Å². The monoisotopic (exact) mass is 194 g/mol. The number of ketones is 1. The number of hydrogen-bond acceptors (Lipinski definition) is 3. The van der Waals surface area contributed by atoms with Gasteiger partial charge in [-0.15, -0.1) is 0 Å². The summed E-state index contributed by atoms with van der Waals surface area (Å²) in [5, 5.41) is 8.58. The van der Waals surface area contributed by atoms with E-state index < -0.39 is 5.97 Å². The van der Waals surface area contributed by atoms with Crippen molar-refractivity contribution >= 4 is 11.8 Å². The second-order valence-electron chi connectivity index (χ2n) is 3.46. The Labute approximate surface area is 80.5 Å². The third-order valence-corrected chi connectivity index (χ3v) is 2.54. The Balaban J connectivity index is 2.15. The lowest BCUT2D eigenvalue weighted by molar-refractivity contribution is 0.0657. The molecule has 1 N–H and O–H groups in total. The van der Waals surface area contributed by atoms with E-state index in [1.165, 1.54) is 12.1 Å². The summed E-state index contributed by atoms with van der Waals surface area (Å²) in [7, 11) is 0. The Morgan fingerprint density at radius 3 is 2.36 bits per heavy atom. The summed E-state index contributed by atoms with van der Waals surface area (Å²) < 4.78 is 4.91. The zero-order valence-corrected chi connectivity index (χ0v) is 7.53. The van der Waals surface area contributed by atoms with Gasteiger partial charge in [-0.25, -0.2) is 4.79 Å². The maximum Gasteiger partial charge on any atom is 0.371 e. The first-order chi connectivity index (χ1) is 6.68. The fourth-order valence-electron chi connectivity index (χ4n) is 1.46. The number of carbonyl (C=O) groups excluding carboxylic acids is 1. The van der Waals surface area contributed by atoms with Gasteiger partial charge in [0.05, 0.1) is 0 Å². The second kappa shape index (κ2) is 3.29. The fourth-order valence-corrected chi connectivity index (χ4v) is 1.46. The maximum atomic E-state index is 11.6. The second-order valence-corrected chi connectivity index (χ2v) is 3.46. The van der Waals surface area contributed by atoms with E-state index in [0.29, 0.717) is 0 Å². The average molecular weight is 194 g/mol. The van der Waals surface area contributed by atoms with Crippen molar-refractivity contribution in [3.05, 3.63) is 23.7 Å². The van der Waals surface area contributed by atoms with E-state index in [1.54, 1.807) is 0 Å². The molecule has 4 heteroatoms. The van der Waals surface area contributed by atoms with Crippen LogP contribution in [-0.2, 0) is 0 Å². The zero-order chi connectivity index (χ0) is 10.1. The van der Waals surface area contributed by atoms with Crippen molar-refractivity contribution in [1.82, 2.24) is 0 Å². The molecule has 0 spiro atoms. The molecule has 0 aromatic carbocycles. The van der Waals surface area contributed by atoms with E-state index in [2.05, 4.69) is 0 Å². The molecule has 1 aliphatic carbocycles. The van der Waals surface area contributed by atoms with Crippen molar-refractivity contribution in [2.45, 2.75) is 19.3 Å². The quantitative estimate of drug-likeness (QED) is 0.747. The first-order valence-corrected chi connectivity index (χ1v) is 4.56. The Morgan fingerprint density at radius 2 is 1.93 bits per heavy atom. The van der Waals surface area contributed by atoms with Crippen LogP contribution in [0.4, 0.5) is 0 Å². The SMILES string of the molecule is O=C(O)c1ccc(C(=O)C2CCC2)o1. The van der Waals surface area contributed by atoms with Crippen LogP contribution in [0, 0.1) is 5.92 Å². The minimum absolute atomic E-state index is 0.0443. The fraction of sp³-hybridized carbons (Fsp3) is 0.400. The Hall–Kier alpha value is -1.58. The highest BCUT2D eigenvalue weighted by Crippen LogP contribution is 2.30. The summed E-state index contributed by atoms with van der Waals surface area (Å²) in [6.45, 7) is 0. The lowest BCUT2D eigenvalue weighted by atomic mass is 9.81. The molecule has 1 aromatic rings. The zero-order valence-electron chi connectivity index (χ0n) is 7.53. The molecule has 4 nitrogen and oxygen atoms in total. The molecule has 0 saturated heterocycles. The Kier molecular flexibility index (Phi) is 2.11. The lowest BCUT2D eigenvalue weighted by Gasteiger charge is -2.22. The number of carboxylic acids is 1. The Bertz CT molecular complexity index is 373. The third kappa shape index (κ3) is 1.43. The topological polar surface area (TPSA) is 67.5 Å². The van der Waals surface area contributed by atoms with Crippen LogP contribution >= 0.6 is 0 Å². The predicted octanol–water partition coefficient (Wildman–Crippen LogP) is 1.96. The molecule has 1 aliphatic rings. The molecule has 0 unspecified atom stereocenters. The molecule has 0 atom stereocenters. The molecular weight excluding hydrogens is 184 g/mol. The number of carbonyl (C=O) groups is 2. The molecule has 0 bridgehead atoms. The normalized spacial score (nSPS) is 16.3. The first kappa shape index (κ1) is 8.99. The molecule has 1 saturated carbocycles. The highest BCUT2D eigenvalue weighted by Gasteiger charge is 2.28. The third-order valence-electron chi connectivity index (χ3n) is 2.54. The maximum absolute atomic E-state index is 11.6. The van der Waals surface area contributed by atoms with Gasteiger partial charge >= 0.3 is 5.97 Å². The van der Waals surface area contributed by atoms with Crippen LogP contribution in [0.15, 0.2) is 16.5 Å². The van der Waals surface area contributed by atoms with Gasteiger partial charge in [0.1, 0.15) is 0 Å². The summed E-state index contributed by atoms with van der Waals surface area (Å²) in [5.74, 6) is -1.16. The van der Waals surface area contributed by atoms with Gasteiger partial charge in [-0.1, -0.05) is 6.42 Å². The summed E-state index contributed by atoms with van der Waals surface area (Å²) in [5.41, 5.74) is 0. The summed E-state index contributed by atoms with van der Waals surface area (Å²) in [4.78, 5) is 22.1. The summed E-state index contributed by atoms with van der Waals surface area (Å²) in [6.07, 6.45) is 2.85. The van der Waals surface area contributed by atoms with Crippen LogP contribution in [0.3, 0.4) is 0 Å². The van der Waals surface area contributed by atoms with E-state index in [-0.39, 0.29) is 23.2 Å². The molecule has 74 valence electrons. The van der Waals surface area contributed by atoms with Crippen LogP contribution < -0.4 is 0 Å². The predicted molar refractivity (Wildman–Crippen MR) is 47.3 cm³/mol. The van der Waals surface area contributed by atoms with Crippen molar-refractivity contribution in [2.75, 3.05) is 0 Å². The van der Waals surface area contributed by atoms with E-state index in [1.807, 2.05) is 0 Å². The number of Topliss-reactive ketones (excluding diaryl/α,β-unsaturated/α-hetero) is 1. The van der Waals surface area contributed by atoms with Crippen LogP contribution in [0.5, 0.6) is 0 Å². The smallest absolute Gasteiger partial charge is 0.371 e. The molecule has 1 aromatic heterocycles. The number of hydrogen-bond donors (Lipinski definition) is 1. The Morgan fingerprint density at radius 1 is 1.29 bits per heavy atom. The van der Waals surface area contributed by atoms with Crippen LogP contribution in [-0.4, -0.2) is 16.9 Å².